The van der Waals surface area contributed by atoms with Gasteiger partial charge in [0.25, 0.3) is 0 Å². The molecule has 2 atom stereocenters. The molecule has 0 N–H and O–H groups in total. The van der Waals surface area contributed by atoms with Gasteiger partial charge in [0.1, 0.15) is 0 Å². The Balaban J connectivity index is 2.13. The molecule has 0 heterocycles. The van der Waals surface area contributed by atoms with Crippen LogP contribution in [0.5, 0.6) is 0 Å². The molecule has 14 heavy (non-hydrogen) atoms. The van der Waals surface area contributed by atoms with E-state index in [2.05, 4.69) is 0 Å². The van der Waals surface area contributed by atoms with E-state index in [1.54, 1.807) is 0 Å². The Bertz CT molecular complexity index is 425. The summed E-state index contributed by atoms with van der Waals surface area (Å²) in [7, 11) is 0. The molecule has 0 aromatic heterocycles. The second-order valence-electron chi connectivity index (χ2n) is 3.97. The summed E-state index contributed by atoms with van der Waals surface area (Å²) in [4.78, 5) is 11.6. The molecule has 2 aliphatic carbocycles. The van der Waals surface area contributed by atoms with E-state index in [1.807, 2.05) is 24.3 Å². The number of ketones is 1. The van der Waals surface area contributed by atoms with Crippen LogP contribution in [0.3, 0.4) is 0 Å². The van der Waals surface area contributed by atoms with Gasteiger partial charge in [-0.15, -0.1) is 0 Å². The summed E-state index contributed by atoms with van der Waals surface area (Å²) in [6.07, 6.45) is 0.806. The first kappa shape index (κ1) is 8.75. The first-order valence-corrected chi connectivity index (χ1v) is 5.38. The van der Waals surface area contributed by atoms with E-state index in [0.717, 1.165) is 12.0 Å². The summed E-state index contributed by atoms with van der Waals surface area (Å²) in [5.41, 5.74) is 2.38. The second-order valence-corrected chi connectivity index (χ2v) is 5.36. The lowest BCUT2D eigenvalue weighted by atomic mass is 9.72. The zero-order valence-corrected chi connectivity index (χ0v) is 8.85. The number of alkyl halides is 2. The van der Waals surface area contributed by atoms with Crippen molar-refractivity contribution in [1.82, 2.24) is 0 Å². The van der Waals surface area contributed by atoms with Gasteiger partial charge in [-0.3, -0.25) is 4.79 Å². The first-order valence-electron chi connectivity index (χ1n) is 4.62. The predicted molar refractivity (Wildman–Crippen MR) is 55.8 cm³/mol. The van der Waals surface area contributed by atoms with Gasteiger partial charge in [0.2, 0.25) is 0 Å². The highest BCUT2D eigenvalue weighted by Crippen LogP contribution is 2.59. The SMILES string of the molecule is O=C1[C@@H]2Cc3ccccc3[C@@H]2C1(Cl)Cl. The van der Waals surface area contributed by atoms with Crippen molar-refractivity contribution < 1.29 is 4.79 Å². The second kappa shape index (κ2) is 2.53. The number of carbonyl (C=O) groups is 1. The van der Waals surface area contributed by atoms with Crippen LogP contribution in [0.1, 0.15) is 17.0 Å². The normalized spacial score (nSPS) is 32.0. The van der Waals surface area contributed by atoms with Crippen LogP contribution in [0.25, 0.3) is 0 Å². The smallest absolute Gasteiger partial charge is 0.183 e. The number of Topliss-reactive ketones (excluding diaryl/α,β-unsaturated/α-hetero) is 1. The molecular formula is C11H8Cl2O. The maximum atomic E-state index is 11.6. The van der Waals surface area contributed by atoms with E-state index in [-0.39, 0.29) is 17.6 Å². The van der Waals surface area contributed by atoms with Crippen LogP contribution in [-0.4, -0.2) is 10.1 Å². The van der Waals surface area contributed by atoms with Gasteiger partial charge in [-0.1, -0.05) is 47.5 Å². The Morgan fingerprint density at radius 3 is 2.79 bits per heavy atom. The van der Waals surface area contributed by atoms with Crippen molar-refractivity contribution in [3.63, 3.8) is 0 Å². The fourth-order valence-corrected chi connectivity index (χ4v) is 3.41. The average Bonchev–Trinajstić information content (AvgIpc) is 2.54. The number of fused-ring (bicyclic) bond motifs is 3. The summed E-state index contributed by atoms with van der Waals surface area (Å²) < 4.78 is -1.17. The van der Waals surface area contributed by atoms with Crippen molar-refractivity contribution in [2.45, 2.75) is 16.7 Å². The molecule has 3 heteroatoms. The third-order valence-electron chi connectivity index (χ3n) is 3.29. The van der Waals surface area contributed by atoms with Crippen LogP contribution in [0, 0.1) is 5.92 Å². The number of rotatable bonds is 0. The highest BCUT2D eigenvalue weighted by atomic mass is 35.5. The van der Waals surface area contributed by atoms with E-state index in [9.17, 15) is 4.79 Å². The van der Waals surface area contributed by atoms with Gasteiger partial charge in [0.05, 0.1) is 0 Å². The monoisotopic (exact) mass is 226 g/mol. The van der Waals surface area contributed by atoms with Crippen molar-refractivity contribution >= 4 is 29.0 Å². The largest absolute Gasteiger partial charge is 0.296 e. The Labute approximate surface area is 92.0 Å². The molecule has 0 saturated heterocycles. The van der Waals surface area contributed by atoms with E-state index in [1.165, 1.54) is 5.56 Å². The standard InChI is InChI=1S/C11H8Cl2O/c12-11(13)9-7-4-2-1-3-6(7)5-8(9)10(11)14/h1-4,8-9H,5H2/t8-,9+/m1/s1. The van der Waals surface area contributed by atoms with Crippen LogP contribution in [-0.2, 0) is 11.2 Å². The molecule has 1 fully saturated rings. The van der Waals surface area contributed by atoms with Crippen molar-refractivity contribution in [1.29, 1.82) is 0 Å². The van der Waals surface area contributed by atoms with Crippen LogP contribution >= 0.6 is 23.2 Å². The molecule has 1 nitrogen and oxygen atoms in total. The molecule has 0 amide bonds. The highest BCUT2D eigenvalue weighted by Gasteiger charge is 2.63. The summed E-state index contributed by atoms with van der Waals surface area (Å²) in [6.45, 7) is 0. The summed E-state index contributed by atoms with van der Waals surface area (Å²) in [5.74, 6) is 0.0407. The van der Waals surface area contributed by atoms with Gasteiger partial charge in [-0.05, 0) is 17.5 Å². The van der Waals surface area contributed by atoms with Gasteiger partial charge in [-0.2, -0.15) is 0 Å². The van der Waals surface area contributed by atoms with Crippen molar-refractivity contribution in [3.05, 3.63) is 35.4 Å². The summed E-state index contributed by atoms with van der Waals surface area (Å²) in [6, 6.07) is 8.02. The Kier molecular flexibility index (Phi) is 1.58. The molecule has 1 aromatic carbocycles. The number of carbonyl (C=O) groups excluding carboxylic acids is 1. The quantitative estimate of drug-likeness (QED) is 0.623. The third kappa shape index (κ3) is 0.850. The van der Waals surface area contributed by atoms with Crippen molar-refractivity contribution in [2.75, 3.05) is 0 Å². The molecule has 2 aliphatic rings. The molecule has 1 saturated carbocycles. The molecular weight excluding hydrogens is 219 g/mol. The van der Waals surface area contributed by atoms with Crippen LogP contribution in [0.15, 0.2) is 24.3 Å². The van der Waals surface area contributed by atoms with Crippen molar-refractivity contribution in [2.24, 2.45) is 5.92 Å². The third-order valence-corrected chi connectivity index (χ3v) is 4.13. The fraction of sp³-hybridized carbons (Fsp3) is 0.364. The first-order chi connectivity index (χ1) is 6.62. The molecule has 0 spiro atoms. The Hall–Kier alpha value is -0.530. The van der Waals surface area contributed by atoms with E-state index >= 15 is 0 Å². The van der Waals surface area contributed by atoms with Gasteiger partial charge >= 0.3 is 0 Å². The summed E-state index contributed by atoms with van der Waals surface area (Å²) in [5, 5.41) is 0. The van der Waals surface area contributed by atoms with E-state index in [0.29, 0.717) is 0 Å². The lowest BCUT2D eigenvalue weighted by Crippen LogP contribution is -2.52. The maximum Gasteiger partial charge on any atom is 0.183 e. The minimum atomic E-state index is -1.17. The minimum Gasteiger partial charge on any atom is -0.296 e. The lowest BCUT2D eigenvalue weighted by Gasteiger charge is -2.41. The topological polar surface area (TPSA) is 17.1 Å². The molecule has 0 aliphatic heterocycles. The zero-order chi connectivity index (χ0) is 9.92. The Morgan fingerprint density at radius 2 is 2.00 bits per heavy atom. The van der Waals surface area contributed by atoms with Gasteiger partial charge in [0, 0.05) is 11.8 Å². The molecule has 0 unspecified atom stereocenters. The van der Waals surface area contributed by atoms with Crippen LogP contribution in [0.2, 0.25) is 0 Å². The van der Waals surface area contributed by atoms with Gasteiger partial charge < -0.3 is 0 Å². The molecule has 0 radical (unpaired) electrons. The predicted octanol–water partition coefficient (Wildman–Crippen LogP) is 2.70. The fourth-order valence-electron chi connectivity index (χ4n) is 2.59. The van der Waals surface area contributed by atoms with Crippen molar-refractivity contribution in [3.8, 4) is 0 Å². The number of benzene rings is 1. The van der Waals surface area contributed by atoms with Crippen LogP contribution in [0.4, 0.5) is 0 Å². The zero-order valence-electron chi connectivity index (χ0n) is 7.34. The van der Waals surface area contributed by atoms with E-state index < -0.39 is 4.33 Å². The molecule has 0 bridgehead atoms. The van der Waals surface area contributed by atoms with E-state index in [4.69, 9.17) is 23.2 Å². The van der Waals surface area contributed by atoms with Gasteiger partial charge in [0.15, 0.2) is 10.1 Å². The molecule has 3 rings (SSSR count). The molecule has 1 aromatic rings. The maximum absolute atomic E-state index is 11.6. The minimum absolute atomic E-state index is 0.0120. The van der Waals surface area contributed by atoms with Crippen LogP contribution < -0.4 is 0 Å². The highest BCUT2D eigenvalue weighted by molar-refractivity contribution is 6.61. The molecule has 72 valence electrons. The van der Waals surface area contributed by atoms with Gasteiger partial charge in [-0.25, -0.2) is 0 Å². The number of halogens is 2. The number of hydrogen-bond donors (Lipinski definition) is 0. The number of hydrogen-bond acceptors (Lipinski definition) is 1. The summed E-state index contributed by atoms with van der Waals surface area (Å²) >= 11 is 12.0. The Morgan fingerprint density at radius 1 is 1.29 bits per heavy atom. The lowest BCUT2D eigenvalue weighted by molar-refractivity contribution is -0.131. The average molecular weight is 227 g/mol.